The zero-order chi connectivity index (χ0) is 16.8. The van der Waals surface area contributed by atoms with Crippen LogP contribution in [0.3, 0.4) is 0 Å². The summed E-state index contributed by atoms with van der Waals surface area (Å²) in [5.74, 6) is -0.542. The molecule has 1 fully saturated rings. The molecule has 1 saturated heterocycles. The van der Waals surface area contributed by atoms with Crippen LogP contribution in [-0.2, 0) is 9.59 Å². The summed E-state index contributed by atoms with van der Waals surface area (Å²) in [5.41, 5.74) is 4.91. The molecule has 2 rings (SSSR count). The van der Waals surface area contributed by atoms with Crippen LogP contribution in [0.15, 0.2) is 15.9 Å². The van der Waals surface area contributed by atoms with Crippen LogP contribution in [-0.4, -0.2) is 35.7 Å². The maximum atomic E-state index is 12.1. The molecule has 0 aromatic carbocycles. The summed E-state index contributed by atoms with van der Waals surface area (Å²) >= 11 is 4.59. The van der Waals surface area contributed by atoms with Crippen LogP contribution in [0.5, 0.6) is 0 Å². The summed E-state index contributed by atoms with van der Waals surface area (Å²) < 4.78 is 0.859. The summed E-state index contributed by atoms with van der Waals surface area (Å²) in [7, 11) is 0. The van der Waals surface area contributed by atoms with Gasteiger partial charge >= 0.3 is 0 Å². The second kappa shape index (κ2) is 8.44. The van der Waals surface area contributed by atoms with Gasteiger partial charge in [-0.1, -0.05) is 6.92 Å². The van der Waals surface area contributed by atoms with Gasteiger partial charge in [0.1, 0.15) is 0 Å². The van der Waals surface area contributed by atoms with E-state index in [-0.39, 0.29) is 23.6 Å². The highest BCUT2D eigenvalue weighted by molar-refractivity contribution is 9.11. The lowest BCUT2D eigenvalue weighted by Gasteiger charge is -2.31. The van der Waals surface area contributed by atoms with Crippen LogP contribution in [0.25, 0.3) is 0 Å². The molecule has 0 saturated carbocycles. The third-order valence-electron chi connectivity index (χ3n) is 3.78. The molecule has 0 radical (unpaired) electrons. The molecule has 23 heavy (non-hydrogen) atoms. The summed E-state index contributed by atoms with van der Waals surface area (Å²) in [5, 5.41) is 0. The number of halogens is 1. The van der Waals surface area contributed by atoms with Crippen molar-refractivity contribution in [2.45, 2.75) is 32.6 Å². The summed E-state index contributed by atoms with van der Waals surface area (Å²) in [6, 6.07) is 3.47. The number of nitrogens with zero attached hydrogens (tertiary/aromatic N) is 1. The topological polar surface area (TPSA) is 78.5 Å². The van der Waals surface area contributed by atoms with E-state index in [1.165, 1.54) is 11.3 Å². The molecule has 3 amide bonds. The van der Waals surface area contributed by atoms with E-state index in [2.05, 4.69) is 26.8 Å². The number of carbonyl (C=O) groups excluding carboxylic acids is 3. The summed E-state index contributed by atoms with van der Waals surface area (Å²) in [6.45, 7) is 3.18. The third kappa shape index (κ3) is 5.04. The lowest BCUT2D eigenvalue weighted by atomic mass is 9.96. The van der Waals surface area contributed by atoms with Gasteiger partial charge in [0.15, 0.2) is 0 Å². The number of rotatable bonds is 4. The van der Waals surface area contributed by atoms with Crippen LogP contribution in [0, 0.1) is 5.92 Å². The molecular formula is C15H20BrN3O3S. The van der Waals surface area contributed by atoms with Gasteiger partial charge in [0.25, 0.3) is 5.91 Å². The Morgan fingerprint density at radius 3 is 2.52 bits per heavy atom. The summed E-state index contributed by atoms with van der Waals surface area (Å²) in [4.78, 5) is 38.1. The Labute approximate surface area is 147 Å². The average molecular weight is 402 g/mol. The van der Waals surface area contributed by atoms with Crippen molar-refractivity contribution in [2.24, 2.45) is 5.92 Å². The predicted molar refractivity (Wildman–Crippen MR) is 91.8 cm³/mol. The Morgan fingerprint density at radius 2 is 1.96 bits per heavy atom. The summed E-state index contributed by atoms with van der Waals surface area (Å²) in [6.07, 6.45) is 2.65. The number of amides is 3. The number of hydrazine groups is 1. The molecule has 126 valence electrons. The first kappa shape index (κ1) is 17.9. The van der Waals surface area contributed by atoms with Crippen LogP contribution in [0.2, 0.25) is 0 Å². The Balaban J connectivity index is 1.75. The first-order chi connectivity index (χ1) is 11.0. The molecule has 0 unspecified atom stereocenters. The lowest BCUT2D eigenvalue weighted by Crippen LogP contribution is -2.48. The maximum absolute atomic E-state index is 12.1. The van der Waals surface area contributed by atoms with Gasteiger partial charge in [-0.15, -0.1) is 11.3 Å². The molecule has 2 heterocycles. The minimum atomic E-state index is -0.329. The second-order valence-corrected chi connectivity index (χ2v) is 7.92. The van der Waals surface area contributed by atoms with E-state index in [0.29, 0.717) is 37.2 Å². The van der Waals surface area contributed by atoms with Crippen LogP contribution in [0.1, 0.15) is 42.3 Å². The van der Waals surface area contributed by atoms with Gasteiger partial charge in [0.2, 0.25) is 11.8 Å². The molecule has 2 N–H and O–H groups in total. The molecule has 6 nitrogen and oxygen atoms in total. The zero-order valence-electron chi connectivity index (χ0n) is 12.9. The standard InChI is InChI=1S/C15H20BrN3O3S/c1-2-3-13(20)19-8-6-10(7-9-19)14(21)17-18-15(22)11-4-5-12(16)23-11/h4-5,10H,2-3,6-9H2,1H3,(H,17,21)(H,18,22). The third-order valence-corrected chi connectivity index (χ3v) is 5.40. The lowest BCUT2D eigenvalue weighted by molar-refractivity contribution is -0.135. The molecular weight excluding hydrogens is 382 g/mol. The van der Waals surface area contributed by atoms with E-state index >= 15 is 0 Å². The normalized spacial score (nSPS) is 15.3. The van der Waals surface area contributed by atoms with Crippen molar-refractivity contribution in [3.05, 3.63) is 20.8 Å². The van der Waals surface area contributed by atoms with Gasteiger partial charge in [-0.2, -0.15) is 0 Å². The van der Waals surface area contributed by atoms with E-state index in [9.17, 15) is 14.4 Å². The predicted octanol–water partition coefficient (Wildman–Crippen LogP) is 2.31. The van der Waals surface area contributed by atoms with Gasteiger partial charge in [0.05, 0.1) is 8.66 Å². The number of hydrogen-bond donors (Lipinski definition) is 2. The minimum absolute atomic E-state index is 0.155. The molecule has 1 aromatic heterocycles. The van der Waals surface area contributed by atoms with E-state index in [0.717, 1.165) is 10.2 Å². The highest BCUT2D eigenvalue weighted by Gasteiger charge is 2.27. The number of thiophene rings is 1. The van der Waals surface area contributed by atoms with Gasteiger partial charge in [-0.3, -0.25) is 25.2 Å². The zero-order valence-corrected chi connectivity index (χ0v) is 15.3. The van der Waals surface area contributed by atoms with Gasteiger partial charge in [-0.05, 0) is 47.3 Å². The van der Waals surface area contributed by atoms with Crippen LogP contribution < -0.4 is 10.9 Å². The monoisotopic (exact) mass is 401 g/mol. The van der Waals surface area contributed by atoms with Crippen molar-refractivity contribution in [2.75, 3.05) is 13.1 Å². The molecule has 0 bridgehead atoms. The van der Waals surface area contributed by atoms with Gasteiger partial charge < -0.3 is 4.90 Å². The SMILES string of the molecule is CCCC(=O)N1CCC(C(=O)NNC(=O)c2ccc(Br)s2)CC1. The fraction of sp³-hybridized carbons (Fsp3) is 0.533. The maximum Gasteiger partial charge on any atom is 0.279 e. The minimum Gasteiger partial charge on any atom is -0.343 e. The molecule has 1 aliphatic rings. The molecule has 0 spiro atoms. The second-order valence-electron chi connectivity index (χ2n) is 5.45. The van der Waals surface area contributed by atoms with Gasteiger partial charge in [-0.25, -0.2) is 0 Å². The van der Waals surface area contributed by atoms with E-state index in [1.807, 2.05) is 11.8 Å². The Hall–Kier alpha value is -1.41. The number of likely N-dealkylation sites (tertiary alicyclic amines) is 1. The molecule has 0 aliphatic carbocycles. The average Bonchev–Trinajstić information content (AvgIpc) is 2.99. The Morgan fingerprint density at radius 1 is 1.26 bits per heavy atom. The molecule has 8 heteroatoms. The number of carbonyl (C=O) groups is 3. The van der Waals surface area contributed by atoms with Crippen molar-refractivity contribution in [3.63, 3.8) is 0 Å². The van der Waals surface area contributed by atoms with Crippen molar-refractivity contribution in [1.29, 1.82) is 0 Å². The van der Waals surface area contributed by atoms with E-state index in [1.54, 1.807) is 12.1 Å². The molecule has 0 atom stereocenters. The largest absolute Gasteiger partial charge is 0.343 e. The smallest absolute Gasteiger partial charge is 0.279 e. The number of piperidine rings is 1. The highest BCUT2D eigenvalue weighted by atomic mass is 79.9. The fourth-order valence-corrected chi connectivity index (χ4v) is 3.76. The number of nitrogens with one attached hydrogen (secondary N) is 2. The first-order valence-corrected chi connectivity index (χ1v) is 9.25. The van der Waals surface area contributed by atoms with Crippen molar-refractivity contribution in [1.82, 2.24) is 15.8 Å². The van der Waals surface area contributed by atoms with E-state index in [4.69, 9.17) is 0 Å². The highest BCUT2D eigenvalue weighted by Crippen LogP contribution is 2.22. The number of hydrogen-bond acceptors (Lipinski definition) is 4. The molecule has 1 aliphatic heterocycles. The van der Waals surface area contributed by atoms with Crippen molar-refractivity contribution < 1.29 is 14.4 Å². The Bertz CT molecular complexity index is 582. The van der Waals surface area contributed by atoms with Crippen molar-refractivity contribution >= 4 is 45.0 Å². The van der Waals surface area contributed by atoms with Gasteiger partial charge in [0, 0.05) is 25.4 Å². The van der Waals surface area contributed by atoms with E-state index < -0.39 is 0 Å². The van der Waals surface area contributed by atoms with Crippen LogP contribution in [0.4, 0.5) is 0 Å². The first-order valence-electron chi connectivity index (χ1n) is 7.64. The molecule has 1 aromatic rings. The fourth-order valence-electron chi connectivity index (χ4n) is 2.48. The van der Waals surface area contributed by atoms with Crippen molar-refractivity contribution in [3.8, 4) is 0 Å². The quantitative estimate of drug-likeness (QED) is 0.759. The van der Waals surface area contributed by atoms with Crippen LogP contribution >= 0.6 is 27.3 Å². The Kier molecular flexibility index (Phi) is 6.59.